The molecule has 0 bridgehead atoms. The molecule has 0 radical (unpaired) electrons. The van der Waals surface area contributed by atoms with Gasteiger partial charge in [0.15, 0.2) is 5.76 Å². The van der Waals surface area contributed by atoms with Gasteiger partial charge in [0.2, 0.25) is 0 Å². The van der Waals surface area contributed by atoms with Crippen LogP contribution in [0.1, 0.15) is 40.3 Å². The Balaban J connectivity index is 2.19. The van der Waals surface area contributed by atoms with Gasteiger partial charge < -0.3 is 15.1 Å². The minimum atomic E-state index is -0.343. The second kappa shape index (κ2) is 6.26. The molecule has 5 nitrogen and oxygen atoms in total. The first-order valence-corrected chi connectivity index (χ1v) is 6.73. The minimum Gasteiger partial charge on any atom is -0.459 e. The molecule has 0 aliphatic heterocycles. The van der Waals surface area contributed by atoms with E-state index in [0.29, 0.717) is 11.3 Å². The van der Waals surface area contributed by atoms with Crippen molar-refractivity contribution < 1.29 is 14.0 Å². The summed E-state index contributed by atoms with van der Waals surface area (Å²) >= 11 is 0. The molecule has 110 valence electrons. The topological polar surface area (TPSA) is 71.3 Å². The average molecular weight is 286 g/mol. The van der Waals surface area contributed by atoms with Crippen LogP contribution in [0.15, 0.2) is 41.0 Å². The van der Waals surface area contributed by atoms with E-state index in [0.717, 1.165) is 5.56 Å². The van der Waals surface area contributed by atoms with Crippen molar-refractivity contribution in [3.63, 3.8) is 0 Å². The highest BCUT2D eigenvalue weighted by Crippen LogP contribution is 2.18. The molecule has 21 heavy (non-hydrogen) atoms. The van der Waals surface area contributed by atoms with Crippen LogP contribution in [0.25, 0.3) is 0 Å². The van der Waals surface area contributed by atoms with Crippen LogP contribution in [0.4, 0.5) is 5.69 Å². The molecule has 2 amide bonds. The number of carbonyl (C=O) groups is 2. The first kappa shape index (κ1) is 14.8. The molecule has 2 aromatic rings. The Morgan fingerprint density at radius 2 is 1.90 bits per heavy atom. The normalized spacial score (nSPS) is 10.5. The molecule has 0 atom stereocenters. The average Bonchev–Trinajstić information content (AvgIpc) is 2.94. The van der Waals surface area contributed by atoms with Crippen LogP contribution < -0.4 is 10.6 Å². The number of hydrogen-bond acceptors (Lipinski definition) is 3. The Morgan fingerprint density at radius 3 is 2.52 bits per heavy atom. The predicted octanol–water partition coefficient (Wildman–Crippen LogP) is 2.98. The van der Waals surface area contributed by atoms with Gasteiger partial charge in [0.25, 0.3) is 11.8 Å². The summed E-state index contributed by atoms with van der Waals surface area (Å²) in [7, 11) is 0. The first-order valence-electron chi connectivity index (χ1n) is 6.73. The third kappa shape index (κ3) is 3.72. The largest absolute Gasteiger partial charge is 0.459 e. The lowest BCUT2D eigenvalue weighted by Gasteiger charge is -2.11. The van der Waals surface area contributed by atoms with Gasteiger partial charge >= 0.3 is 0 Å². The van der Waals surface area contributed by atoms with E-state index in [1.54, 1.807) is 30.3 Å². The maximum absolute atomic E-state index is 12.0. The van der Waals surface area contributed by atoms with E-state index in [1.165, 1.54) is 6.26 Å². The van der Waals surface area contributed by atoms with Gasteiger partial charge in [-0.3, -0.25) is 9.59 Å². The molecule has 0 saturated carbocycles. The Morgan fingerprint density at radius 1 is 1.14 bits per heavy atom. The molecule has 0 unspecified atom stereocenters. The zero-order valence-electron chi connectivity index (χ0n) is 12.3. The smallest absolute Gasteiger partial charge is 0.291 e. The fraction of sp³-hybridized carbons (Fsp3) is 0.250. The Hall–Kier alpha value is -2.56. The van der Waals surface area contributed by atoms with Gasteiger partial charge in [0.05, 0.1) is 6.26 Å². The summed E-state index contributed by atoms with van der Waals surface area (Å²) in [6.07, 6.45) is 1.44. The lowest BCUT2D eigenvalue weighted by molar-refractivity contribution is 0.0941. The number of hydrogen-bond donors (Lipinski definition) is 2. The standard InChI is InChI=1S/C16H18N2O3/c1-10(2)17-15(19)12-7-6-11(3)13(9-12)18-16(20)14-5-4-8-21-14/h4-10H,1-3H3,(H,17,19)(H,18,20). The number of amides is 2. The summed E-state index contributed by atoms with van der Waals surface area (Å²) < 4.78 is 5.05. The van der Waals surface area contributed by atoms with Gasteiger partial charge in [-0.2, -0.15) is 0 Å². The van der Waals surface area contributed by atoms with E-state index in [2.05, 4.69) is 10.6 Å². The van der Waals surface area contributed by atoms with E-state index >= 15 is 0 Å². The van der Waals surface area contributed by atoms with Crippen molar-refractivity contribution in [2.75, 3.05) is 5.32 Å². The molecule has 0 fully saturated rings. The van der Waals surface area contributed by atoms with Crippen LogP contribution in [0.5, 0.6) is 0 Å². The van der Waals surface area contributed by atoms with Crippen LogP contribution in [-0.4, -0.2) is 17.9 Å². The Labute approximate surface area is 123 Å². The Kier molecular flexibility index (Phi) is 4.42. The summed E-state index contributed by atoms with van der Waals surface area (Å²) in [6, 6.07) is 8.48. The number of aryl methyl sites for hydroxylation is 1. The molecule has 1 aromatic carbocycles. The highest BCUT2D eigenvalue weighted by molar-refractivity contribution is 6.03. The number of benzene rings is 1. The van der Waals surface area contributed by atoms with Gasteiger partial charge in [0.1, 0.15) is 0 Å². The fourth-order valence-corrected chi connectivity index (χ4v) is 1.84. The van der Waals surface area contributed by atoms with E-state index < -0.39 is 0 Å². The second-order valence-corrected chi connectivity index (χ2v) is 5.09. The van der Waals surface area contributed by atoms with Crippen LogP contribution in [0, 0.1) is 6.92 Å². The maximum Gasteiger partial charge on any atom is 0.291 e. The van der Waals surface area contributed by atoms with E-state index in [1.807, 2.05) is 20.8 Å². The second-order valence-electron chi connectivity index (χ2n) is 5.09. The molecular weight excluding hydrogens is 268 g/mol. The maximum atomic E-state index is 12.0. The van der Waals surface area contributed by atoms with Crippen LogP contribution in [0.3, 0.4) is 0 Å². The molecule has 5 heteroatoms. The van der Waals surface area contributed by atoms with Crippen LogP contribution >= 0.6 is 0 Å². The van der Waals surface area contributed by atoms with Crippen molar-refractivity contribution >= 4 is 17.5 Å². The van der Waals surface area contributed by atoms with Gasteiger partial charge in [-0.05, 0) is 50.6 Å². The van der Waals surface area contributed by atoms with Crippen molar-refractivity contribution in [2.45, 2.75) is 26.8 Å². The fourth-order valence-electron chi connectivity index (χ4n) is 1.84. The van der Waals surface area contributed by atoms with Crippen molar-refractivity contribution in [1.29, 1.82) is 0 Å². The van der Waals surface area contributed by atoms with E-state index in [-0.39, 0.29) is 23.6 Å². The van der Waals surface area contributed by atoms with Crippen molar-refractivity contribution in [1.82, 2.24) is 5.32 Å². The number of nitrogens with one attached hydrogen (secondary N) is 2. The summed E-state index contributed by atoms with van der Waals surface area (Å²) in [5.41, 5.74) is 1.97. The van der Waals surface area contributed by atoms with Gasteiger partial charge in [-0.25, -0.2) is 0 Å². The first-order chi connectivity index (χ1) is 9.97. The molecule has 1 heterocycles. The highest BCUT2D eigenvalue weighted by Gasteiger charge is 2.13. The lowest BCUT2D eigenvalue weighted by Crippen LogP contribution is -2.30. The summed E-state index contributed by atoms with van der Waals surface area (Å²) in [5, 5.41) is 5.56. The summed E-state index contributed by atoms with van der Waals surface area (Å²) in [5.74, 6) is -0.283. The molecular formula is C16H18N2O3. The zero-order valence-corrected chi connectivity index (χ0v) is 12.3. The van der Waals surface area contributed by atoms with Gasteiger partial charge in [-0.1, -0.05) is 6.07 Å². The van der Waals surface area contributed by atoms with Crippen molar-refractivity contribution in [2.24, 2.45) is 0 Å². The molecule has 0 saturated heterocycles. The van der Waals surface area contributed by atoms with Crippen molar-refractivity contribution in [3.05, 3.63) is 53.5 Å². The lowest BCUT2D eigenvalue weighted by atomic mass is 10.1. The number of anilines is 1. The van der Waals surface area contributed by atoms with Crippen LogP contribution in [0.2, 0.25) is 0 Å². The molecule has 2 rings (SSSR count). The van der Waals surface area contributed by atoms with E-state index in [4.69, 9.17) is 4.42 Å². The molecule has 2 N–H and O–H groups in total. The molecule has 0 aliphatic carbocycles. The third-order valence-corrected chi connectivity index (χ3v) is 2.91. The van der Waals surface area contributed by atoms with Crippen molar-refractivity contribution in [3.8, 4) is 0 Å². The Bertz CT molecular complexity index is 646. The zero-order chi connectivity index (χ0) is 15.4. The number of carbonyl (C=O) groups excluding carboxylic acids is 2. The predicted molar refractivity (Wildman–Crippen MR) is 80.4 cm³/mol. The van der Waals surface area contributed by atoms with E-state index in [9.17, 15) is 9.59 Å². The third-order valence-electron chi connectivity index (χ3n) is 2.91. The number of rotatable bonds is 4. The minimum absolute atomic E-state index is 0.0555. The monoisotopic (exact) mass is 286 g/mol. The number of furan rings is 1. The molecule has 0 spiro atoms. The van der Waals surface area contributed by atoms with Crippen LogP contribution in [-0.2, 0) is 0 Å². The highest BCUT2D eigenvalue weighted by atomic mass is 16.3. The molecule has 0 aliphatic rings. The quantitative estimate of drug-likeness (QED) is 0.907. The van der Waals surface area contributed by atoms with Gasteiger partial charge in [0, 0.05) is 17.3 Å². The molecule has 1 aromatic heterocycles. The SMILES string of the molecule is Cc1ccc(C(=O)NC(C)C)cc1NC(=O)c1ccco1. The van der Waals surface area contributed by atoms with Gasteiger partial charge in [-0.15, -0.1) is 0 Å². The summed E-state index contributed by atoms with van der Waals surface area (Å²) in [4.78, 5) is 24.0. The summed E-state index contributed by atoms with van der Waals surface area (Å²) in [6.45, 7) is 5.65.